The fourth-order valence-electron chi connectivity index (χ4n) is 3.98. The second-order valence-electron chi connectivity index (χ2n) is 8.97. The van der Waals surface area contributed by atoms with Gasteiger partial charge in [-0.3, -0.25) is 19.3 Å². The van der Waals surface area contributed by atoms with Crippen LogP contribution in [0, 0.1) is 5.92 Å². The lowest BCUT2D eigenvalue weighted by Crippen LogP contribution is -2.48. The van der Waals surface area contributed by atoms with Gasteiger partial charge in [-0.15, -0.1) is 11.3 Å². The quantitative estimate of drug-likeness (QED) is 0.335. The van der Waals surface area contributed by atoms with Crippen molar-refractivity contribution in [3.05, 3.63) is 16.1 Å². The number of ether oxygens (including phenoxy) is 1. The Balaban J connectivity index is 2.12. The Bertz CT molecular complexity index is 799. The van der Waals surface area contributed by atoms with Crippen molar-refractivity contribution in [1.82, 2.24) is 20.1 Å². The average Bonchev–Trinajstić information content (AvgIpc) is 3.22. The molecule has 1 aromatic rings. The number of thiazole rings is 1. The predicted octanol–water partition coefficient (Wildman–Crippen LogP) is 1.79. The molecule has 1 aliphatic heterocycles. The van der Waals surface area contributed by atoms with Crippen molar-refractivity contribution in [3.63, 3.8) is 0 Å². The third kappa shape index (κ3) is 7.53. The molecule has 0 bridgehead atoms. The summed E-state index contributed by atoms with van der Waals surface area (Å²) in [5.74, 6) is -0.659. The maximum absolute atomic E-state index is 12.5. The van der Waals surface area contributed by atoms with Crippen molar-refractivity contribution in [2.45, 2.75) is 71.2 Å². The summed E-state index contributed by atoms with van der Waals surface area (Å²) < 4.78 is 5.58. The normalized spacial score (nSPS) is 20.6. The highest BCUT2D eigenvalue weighted by Crippen LogP contribution is 2.30. The number of primary amides is 1. The number of nitrogens with two attached hydrogens (primary N) is 1. The summed E-state index contributed by atoms with van der Waals surface area (Å²) in [5, 5.41) is 5.34. The Hall–Kier alpha value is -2.04. The molecule has 0 aliphatic carbocycles. The van der Waals surface area contributed by atoms with Gasteiger partial charge in [-0.2, -0.15) is 0 Å². The van der Waals surface area contributed by atoms with Gasteiger partial charge in [0.1, 0.15) is 16.7 Å². The van der Waals surface area contributed by atoms with E-state index in [-0.39, 0.29) is 35.6 Å². The van der Waals surface area contributed by atoms with Crippen molar-refractivity contribution >= 4 is 29.1 Å². The van der Waals surface area contributed by atoms with E-state index in [0.29, 0.717) is 18.0 Å². The second kappa shape index (κ2) is 11.7. The van der Waals surface area contributed by atoms with Gasteiger partial charge in [0.25, 0.3) is 5.91 Å². The molecule has 1 saturated heterocycles. The highest BCUT2D eigenvalue weighted by molar-refractivity contribution is 7.09. The van der Waals surface area contributed by atoms with Crippen molar-refractivity contribution in [2.75, 3.05) is 27.2 Å². The third-order valence-corrected chi connectivity index (χ3v) is 6.74. The van der Waals surface area contributed by atoms with Crippen molar-refractivity contribution in [3.8, 4) is 0 Å². The predicted molar refractivity (Wildman–Crippen MR) is 124 cm³/mol. The number of nitrogens with zero attached hydrogens (tertiary/aromatic N) is 3. The first-order valence-electron chi connectivity index (χ1n) is 11.2. The van der Waals surface area contributed by atoms with Crippen LogP contribution in [0.4, 0.5) is 0 Å². The van der Waals surface area contributed by atoms with Crippen LogP contribution >= 0.6 is 11.3 Å². The van der Waals surface area contributed by atoms with E-state index >= 15 is 0 Å². The van der Waals surface area contributed by atoms with Crippen LogP contribution in [0.2, 0.25) is 0 Å². The second-order valence-corrected chi connectivity index (χ2v) is 9.86. The maximum atomic E-state index is 12.5. The van der Waals surface area contributed by atoms with Crippen LogP contribution in [0.3, 0.4) is 0 Å². The van der Waals surface area contributed by atoms with Gasteiger partial charge >= 0.3 is 5.97 Å². The number of carbonyl (C=O) groups is 3. The van der Waals surface area contributed by atoms with Crippen LogP contribution in [-0.2, 0) is 14.3 Å². The van der Waals surface area contributed by atoms with Gasteiger partial charge in [-0.25, -0.2) is 4.98 Å². The number of likely N-dealkylation sites (N-methyl/N-ethyl adjacent to an activating group) is 2. The lowest BCUT2D eigenvalue weighted by atomic mass is 9.95. The molecule has 10 heteroatoms. The monoisotopic (exact) mass is 467 g/mol. The zero-order valence-corrected chi connectivity index (χ0v) is 20.8. The minimum Gasteiger partial charge on any atom is -0.455 e. The number of hydrogen-bond donors (Lipinski definition) is 2. The van der Waals surface area contributed by atoms with Crippen LogP contribution < -0.4 is 11.1 Å². The van der Waals surface area contributed by atoms with E-state index in [2.05, 4.69) is 36.0 Å². The molecule has 2 amide bonds. The van der Waals surface area contributed by atoms with Gasteiger partial charge < -0.3 is 20.7 Å². The summed E-state index contributed by atoms with van der Waals surface area (Å²) >= 11 is 1.26. The Labute approximate surface area is 194 Å². The molecule has 32 heavy (non-hydrogen) atoms. The smallest absolute Gasteiger partial charge is 0.303 e. The molecule has 3 unspecified atom stereocenters. The summed E-state index contributed by atoms with van der Waals surface area (Å²) in [6.45, 7) is 9.21. The van der Waals surface area contributed by atoms with Crippen LogP contribution in [0.1, 0.15) is 68.6 Å². The Morgan fingerprint density at radius 1 is 1.41 bits per heavy atom. The van der Waals surface area contributed by atoms with Gasteiger partial charge in [0.2, 0.25) is 5.91 Å². The van der Waals surface area contributed by atoms with E-state index in [1.165, 1.54) is 18.3 Å². The highest BCUT2D eigenvalue weighted by Gasteiger charge is 2.38. The van der Waals surface area contributed by atoms with Crippen molar-refractivity contribution in [2.24, 2.45) is 11.7 Å². The molecule has 1 aromatic heterocycles. The molecule has 1 aliphatic rings. The molecule has 9 nitrogen and oxygen atoms in total. The molecule has 0 saturated carbocycles. The molecule has 0 spiro atoms. The van der Waals surface area contributed by atoms with Crippen LogP contribution in [-0.4, -0.2) is 77.9 Å². The summed E-state index contributed by atoms with van der Waals surface area (Å²) in [5.41, 5.74) is 5.51. The fourth-order valence-corrected chi connectivity index (χ4v) is 4.82. The van der Waals surface area contributed by atoms with Crippen LogP contribution in [0.5, 0.6) is 0 Å². The molecule has 0 radical (unpaired) electrons. The third-order valence-electron chi connectivity index (χ3n) is 5.80. The number of amides is 2. The van der Waals surface area contributed by atoms with E-state index in [4.69, 9.17) is 10.5 Å². The van der Waals surface area contributed by atoms with Gasteiger partial charge in [0, 0.05) is 43.9 Å². The molecule has 2 rings (SSSR count). The lowest BCUT2D eigenvalue weighted by Gasteiger charge is -2.35. The molecule has 5 atom stereocenters. The topological polar surface area (TPSA) is 118 Å². The molecule has 3 N–H and O–H groups in total. The molecule has 1 fully saturated rings. The lowest BCUT2D eigenvalue weighted by molar-refractivity contribution is -0.148. The number of hydrogen-bond acceptors (Lipinski definition) is 8. The molecule has 2 heterocycles. The van der Waals surface area contributed by atoms with Crippen LogP contribution in [0.15, 0.2) is 5.38 Å². The Morgan fingerprint density at radius 3 is 2.53 bits per heavy atom. The first-order valence-corrected chi connectivity index (χ1v) is 12.0. The Morgan fingerprint density at radius 2 is 2.06 bits per heavy atom. The van der Waals surface area contributed by atoms with Gasteiger partial charge in [0.15, 0.2) is 6.10 Å². The maximum Gasteiger partial charge on any atom is 0.303 e. The largest absolute Gasteiger partial charge is 0.455 e. The minimum absolute atomic E-state index is 0.0155. The molecule has 0 aromatic carbocycles. The molecular formula is C22H37N5O4S. The number of carbonyl (C=O) groups excluding carboxylic acids is 3. The summed E-state index contributed by atoms with van der Waals surface area (Å²) in [6, 6.07) is 0.0969. The number of aromatic nitrogens is 1. The van der Waals surface area contributed by atoms with Gasteiger partial charge in [-0.05, 0) is 26.4 Å². The standard InChI is InChI=1S/C22H37N5O4S/c1-7-8-15(24-21(30)18-11-27(18)6)10-26(5)17(13(2)3)9-19(31-14(4)28)22-25-16(12-32-22)20(23)29/h12-13,15,17-19H,7-11H2,1-6H3,(H2,23,29)(H,24,30)/t15?,17-,18?,19-,27?/m1/s1. The first kappa shape index (κ1) is 26.2. The zero-order valence-electron chi connectivity index (χ0n) is 20.0. The number of nitrogens with one attached hydrogen (secondary N) is 1. The average molecular weight is 468 g/mol. The highest BCUT2D eigenvalue weighted by atomic mass is 32.1. The number of esters is 1. The van der Waals surface area contributed by atoms with Crippen LogP contribution in [0.25, 0.3) is 0 Å². The zero-order chi connectivity index (χ0) is 24.0. The summed E-state index contributed by atoms with van der Waals surface area (Å²) in [6.07, 6.45) is 1.81. The summed E-state index contributed by atoms with van der Waals surface area (Å²) in [7, 11) is 3.97. The SMILES string of the molecule is CCCC(CN(C)[C@H](C[C@@H](OC(C)=O)c1nc(C(N)=O)cs1)C(C)C)NC(=O)C1CN1C. The van der Waals surface area contributed by atoms with E-state index in [1.54, 1.807) is 5.38 Å². The van der Waals surface area contributed by atoms with E-state index in [1.807, 2.05) is 19.0 Å². The number of rotatable bonds is 13. The van der Waals surface area contributed by atoms with Gasteiger partial charge in [-0.1, -0.05) is 27.2 Å². The Kier molecular flexibility index (Phi) is 9.60. The van der Waals surface area contributed by atoms with Crippen molar-refractivity contribution in [1.29, 1.82) is 0 Å². The summed E-state index contributed by atoms with van der Waals surface area (Å²) in [4.78, 5) is 44.2. The first-order chi connectivity index (χ1) is 15.0. The molecule has 180 valence electrons. The van der Waals surface area contributed by atoms with Gasteiger partial charge in [0.05, 0.1) is 0 Å². The van der Waals surface area contributed by atoms with E-state index in [0.717, 1.165) is 19.4 Å². The van der Waals surface area contributed by atoms with Crippen molar-refractivity contribution < 1.29 is 19.1 Å². The molecular weight excluding hydrogens is 430 g/mol. The van der Waals surface area contributed by atoms with E-state index < -0.39 is 18.0 Å². The van der Waals surface area contributed by atoms with E-state index in [9.17, 15) is 14.4 Å². The fraction of sp³-hybridized carbons (Fsp3) is 0.727. The minimum atomic E-state index is -0.606.